The van der Waals surface area contributed by atoms with Crippen LogP contribution in [0.5, 0.6) is 0 Å². The fourth-order valence-electron chi connectivity index (χ4n) is 2.54. The second-order valence-electron chi connectivity index (χ2n) is 6.34. The summed E-state index contributed by atoms with van der Waals surface area (Å²) < 4.78 is 11.8. The predicted octanol–water partition coefficient (Wildman–Crippen LogP) is 2.63. The van der Waals surface area contributed by atoms with Crippen LogP contribution in [0.2, 0.25) is 0 Å². The second kappa shape index (κ2) is 5.19. The van der Waals surface area contributed by atoms with E-state index >= 15 is 0 Å². The number of hydrogen-bond acceptors (Lipinski definition) is 3. The standard InChI is InChI=1S/C16H23NO3/c1-15(2,3)16(19-10-11-20-16)13-8-6-12(7-9-13)14(18)17(4)5/h6-9H,10-11H2,1-5H3. The fourth-order valence-corrected chi connectivity index (χ4v) is 2.54. The number of benzene rings is 1. The summed E-state index contributed by atoms with van der Waals surface area (Å²) in [5, 5.41) is 0. The molecule has 1 heterocycles. The lowest BCUT2D eigenvalue weighted by atomic mass is 9.80. The van der Waals surface area contributed by atoms with Crippen LogP contribution in [0.3, 0.4) is 0 Å². The predicted molar refractivity (Wildman–Crippen MR) is 77.5 cm³/mol. The highest BCUT2D eigenvalue weighted by molar-refractivity contribution is 5.93. The molecule has 4 nitrogen and oxygen atoms in total. The quantitative estimate of drug-likeness (QED) is 0.834. The van der Waals surface area contributed by atoms with Crippen LogP contribution < -0.4 is 0 Å². The van der Waals surface area contributed by atoms with E-state index in [-0.39, 0.29) is 11.3 Å². The number of carbonyl (C=O) groups excluding carboxylic acids is 1. The highest BCUT2D eigenvalue weighted by Gasteiger charge is 2.48. The molecule has 1 aliphatic rings. The Balaban J connectivity index is 2.35. The molecule has 1 aliphatic heterocycles. The zero-order chi connectivity index (χ0) is 15.0. The van der Waals surface area contributed by atoms with Crippen molar-refractivity contribution in [1.82, 2.24) is 4.90 Å². The second-order valence-corrected chi connectivity index (χ2v) is 6.34. The first-order chi connectivity index (χ1) is 9.28. The molecule has 2 rings (SSSR count). The molecule has 0 atom stereocenters. The number of carbonyl (C=O) groups is 1. The van der Waals surface area contributed by atoms with E-state index in [4.69, 9.17) is 9.47 Å². The third-order valence-corrected chi connectivity index (χ3v) is 3.60. The Kier molecular flexibility index (Phi) is 3.89. The molecule has 1 aromatic rings. The van der Waals surface area contributed by atoms with Crippen LogP contribution in [0.1, 0.15) is 36.7 Å². The van der Waals surface area contributed by atoms with E-state index in [1.54, 1.807) is 19.0 Å². The van der Waals surface area contributed by atoms with Crippen molar-refractivity contribution in [3.63, 3.8) is 0 Å². The van der Waals surface area contributed by atoms with Crippen LogP contribution in [-0.2, 0) is 15.3 Å². The van der Waals surface area contributed by atoms with E-state index < -0.39 is 5.79 Å². The van der Waals surface area contributed by atoms with Crippen molar-refractivity contribution < 1.29 is 14.3 Å². The lowest BCUT2D eigenvalue weighted by molar-refractivity contribution is -0.232. The molecule has 0 aromatic heterocycles. The largest absolute Gasteiger partial charge is 0.345 e. The smallest absolute Gasteiger partial charge is 0.253 e. The number of hydrogen-bond donors (Lipinski definition) is 0. The fraction of sp³-hybridized carbons (Fsp3) is 0.562. The van der Waals surface area contributed by atoms with Crippen LogP contribution in [0.25, 0.3) is 0 Å². The summed E-state index contributed by atoms with van der Waals surface area (Å²) >= 11 is 0. The molecule has 0 bridgehead atoms. The molecule has 0 N–H and O–H groups in total. The van der Waals surface area contributed by atoms with Crippen molar-refractivity contribution in [2.24, 2.45) is 5.41 Å². The van der Waals surface area contributed by atoms with Crippen molar-refractivity contribution in [3.8, 4) is 0 Å². The number of nitrogens with zero attached hydrogens (tertiary/aromatic N) is 1. The first-order valence-electron chi connectivity index (χ1n) is 6.88. The summed E-state index contributed by atoms with van der Waals surface area (Å²) in [6.45, 7) is 7.47. The van der Waals surface area contributed by atoms with Crippen molar-refractivity contribution in [2.75, 3.05) is 27.3 Å². The third-order valence-electron chi connectivity index (χ3n) is 3.60. The van der Waals surface area contributed by atoms with E-state index in [1.165, 1.54) is 0 Å². The van der Waals surface area contributed by atoms with E-state index in [9.17, 15) is 4.79 Å². The molecule has 0 spiro atoms. The Morgan fingerprint density at radius 2 is 1.60 bits per heavy atom. The maximum atomic E-state index is 11.9. The highest BCUT2D eigenvalue weighted by atomic mass is 16.7. The normalized spacial score (nSPS) is 18.1. The van der Waals surface area contributed by atoms with Crippen molar-refractivity contribution >= 4 is 5.91 Å². The topological polar surface area (TPSA) is 38.8 Å². The van der Waals surface area contributed by atoms with Gasteiger partial charge < -0.3 is 14.4 Å². The van der Waals surface area contributed by atoms with E-state index in [2.05, 4.69) is 20.8 Å². The maximum absolute atomic E-state index is 11.9. The summed E-state index contributed by atoms with van der Waals surface area (Å²) in [6, 6.07) is 7.51. The maximum Gasteiger partial charge on any atom is 0.253 e. The lowest BCUT2D eigenvalue weighted by Gasteiger charge is -2.39. The number of rotatable bonds is 2. The zero-order valence-corrected chi connectivity index (χ0v) is 12.9. The summed E-state index contributed by atoms with van der Waals surface area (Å²) in [7, 11) is 3.49. The molecule has 0 saturated carbocycles. The summed E-state index contributed by atoms with van der Waals surface area (Å²) in [5.41, 5.74) is 1.44. The Morgan fingerprint density at radius 1 is 1.10 bits per heavy atom. The minimum Gasteiger partial charge on any atom is -0.345 e. The summed E-state index contributed by atoms with van der Waals surface area (Å²) in [6.07, 6.45) is 0. The molecule has 110 valence electrons. The SMILES string of the molecule is CN(C)C(=O)c1ccc(C2(C(C)(C)C)OCCO2)cc1. The third kappa shape index (κ3) is 2.45. The molecule has 1 aromatic carbocycles. The monoisotopic (exact) mass is 277 g/mol. The summed E-state index contributed by atoms with van der Waals surface area (Å²) in [4.78, 5) is 13.5. The van der Waals surface area contributed by atoms with Crippen molar-refractivity contribution in [1.29, 1.82) is 0 Å². The molecule has 0 unspecified atom stereocenters. The molecule has 0 radical (unpaired) electrons. The van der Waals surface area contributed by atoms with E-state index in [0.29, 0.717) is 18.8 Å². The Morgan fingerprint density at radius 3 is 2.00 bits per heavy atom. The molecule has 1 saturated heterocycles. The van der Waals surface area contributed by atoms with Gasteiger partial charge in [0, 0.05) is 30.6 Å². The average molecular weight is 277 g/mol. The van der Waals surface area contributed by atoms with Gasteiger partial charge >= 0.3 is 0 Å². The van der Waals surface area contributed by atoms with Gasteiger partial charge in [0.25, 0.3) is 5.91 Å². The lowest BCUT2D eigenvalue weighted by Crippen LogP contribution is -2.41. The molecular weight excluding hydrogens is 254 g/mol. The molecule has 20 heavy (non-hydrogen) atoms. The first kappa shape index (κ1) is 15.0. The van der Waals surface area contributed by atoms with Gasteiger partial charge in [0.05, 0.1) is 13.2 Å². The van der Waals surface area contributed by atoms with Crippen LogP contribution in [0.4, 0.5) is 0 Å². The number of ether oxygens (including phenoxy) is 2. The minimum atomic E-state index is -0.729. The Hall–Kier alpha value is -1.39. The summed E-state index contributed by atoms with van der Waals surface area (Å²) in [5.74, 6) is -0.734. The number of amides is 1. The Bertz CT molecular complexity index is 479. The molecule has 1 fully saturated rings. The van der Waals surface area contributed by atoms with Gasteiger partial charge in [0.15, 0.2) is 5.79 Å². The zero-order valence-electron chi connectivity index (χ0n) is 12.9. The van der Waals surface area contributed by atoms with Gasteiger partial charge in [0.1, 0.15) is 0 Å². The van der Waals surface area contributed by atoms with Gasteiger partial charge in [-0.15, -0.1) is 0 Å². The molecule has 4 heteroatoms. The van der Waals surface area contributed by atoms with E-state index in [0.717, 1.165) is 5.56 Å². The van der Waals surface area contributed by atoms with Crippen molar-refractivity contribution in [3.05, 3.63) is 35.4 Å². The van der Waals surface area contributed by atoms with Gasteiger partial charge in [-0.2, -0.15) is 0 Å². The van der Waals surface area contributed by atoms with Gasteiger partial charge in [-0.1, -0.05) is 32.9 Å². The highest BCUT2D eigenvalue weighted by Crippen LogP contribution is 2.46. The van der Waals surface area contributed by atoms with E-state index in [1.807, 2.05) is 24.3 Å². The van der Waals surface area contributed by atoms with Crippen LogP contribution >= 0.6 is 0 Å². The van der Waals surface area contributed by atoms with Gasteiger partial charge in [-0.05, 0) is 12.1 Å². The first-order valence-corrected chi connectivity index (χ1v) is 6.88. The molecule has 0 aliphatic carbocycles. The minimum absolute atomic E-state index is 0.00498. The Labute approximate surface area is 120 Å². The van der Waals surface area contributed by atoms with Gasteiger partial charge in [-0.3, -0.25) is 4.79 Å². The molecule has 1 amide bonds. The van der Waals surface area contributed by atoms with Gasteiger partial charge in [0.2, 0.25) is 0 Å². The molecular formula is C16H23NO3. The van der Waals surface area contributed by atoms with Crippen LogP contribution in [0.15, 0.2) is 24.3 Å². The van der Waals surface area contributed by atoms with Crippen molar-refractivity contribution in [2.45, 2.75) is 26.6 Å². The van der Waals surface area contributed by atoms with Gasteiger partial charge in [-0.25, -0.2) is 0 Å². The van der Waals surface area contributed by atoms with Crippen LogP contribution in [0, 0.1) is 5.41 Å². The average Bonchev–Trinajstić information content (AvgIpc) is 2.88. The van der Waals surface area contributed by atoms with Crippen LogP contribution in [-0.4, -0.2) is 38.1 Å².